The summed E-state index contributed by atoms with van der Waals surface area (Å²) in [4.78, 5) is 0. The molecule has 0 aromatic heterocycles. The van der Waals surface area contributed by atoms with E-state index in [1.807, 2.05) is 6.92 Å². The zero-order valence-electron chi connectivity index (χ0n) is 6.82. The van der Waals surface area contributed by atoms with E-state index in [1.165, 1.54) is 0 Å². The molecule has 0 spiro atoms. The highest BCUT2D eigenvalue weighted by Gasteiger charge is 2.37. The second-order valence-corrected chi connectivity index (χ2v) is 3.08. The molecule has 0 aliphatic carbocycles. The van der Waals surface area contributed by atoms with Crippen LogP contribution in [0.1, 0.15) is 18.6 Å². The van der Waals surface area contributed by atoms with Gasteiger partial charge in [-0.3, -0.25) is 0 Å². The SMILES string of the molecule is CC1OC1c1cc(N)ccc1O. The van der Waals surface area contributed by atoms with E-state index < -0.39 is 0 Å². The van der Waals surface area contributed by atoms with Crippen LogP contribution in [-0.2, 0) is 4.74 Å². The summed E-state index contributed by atoms with van der Waals surface area (Å²) in [7, 11) is 0. The fourth-order valence-electron chi connectivity index (χ4n) is 1.31. The molecule has 1 saturated heterocycles. The number of aromatic hydroxyl groups is 1. The second kappa shape index (κ2) is 2.38. The number of benzene rings is 1. The molecule has 2 unspecified atom stereocenters. The summed E-state index contributed by atoms with van der Waals surface area (Å²) in [6.45, 7) is 1.97. The van der Waals surface area contributed by atoms with Gasteiger partial charge in [0.2, 0.25) is 0 Å². The van der Waals surface area contributed by atoms with Crippen molar-refractivity contribution in [3.63, 3.8) is 0 Å². The molecule has 12 heavy (non-hydrogen) atoms. The molecule has 64 valence electrons. The monoisotopic (exact) mass is 165 g/mol. The molecule has 2 rings (SSSR count). The molecule has 2 atom stereocenters. The normalized spacial score (nSPS) is 27.1. The van der Waals surface area contributed by atoms with Crippen molar-refractivity contribution in [1.29, 1.82) is 0 Å². The Kier molecular flexibility index (Phi) is 1.48. The Morgan fingerprint density at radius 3 is 2.75 bits per heavy atom. The highest BCUT2D eigenvalue weighted by molar-refractivity contribution is 5.49. The molecule has 3 N–H and O–H groups in total. The van der Waals surface area contributed by atoms with Gasteiger partial charge in [0.05, 0.1) is 6.10 Å². The maximum Gasteiger partial charge on any atom is 0.121 e. The number of hydrogen-bond acceptors (Lipinski definition) is 3. The van der Waals surface area contributed by atoms with E-state index in [9.17, 15) is 5.11 Å². The summed E-state index contributed by atoms with van der Waals surface area (Å²) >= 11 is 0. The first-order valence-corrected chi connectivity index (χ1v) is 3.92. The number of nitrogens with two attached hydrogens (primary N) is 1. The first kappa shape index (κ1) is 7.43. The summed E-state index contributed by atoms with van der Waals surface area (Å²) < 4.78 is 5.22. The first-order valence-electron chi connectivity index (χ1n) is 3.92. The zero-order chi connectivity index (χ0) is 8.72. The third-order valence-corrected chi connectivity index (χ3v) is 2.07. The second-order valence-electron chi connectivity index (χ2n) is 3.08. The molecule has 1 aliphatic heterocycles. The van der Waals surface area contributed by atoms with Gasteiger partial charge >= 0.3 is 0 Å². The van der Waals surface area contributed by atoms with Gasteiger partial charge in [0.25, 0.3) is 0 Å². The van der Waals surface area contributed by atoms with Crippen molar-refractivity contribution in [3.05, 3.63) is 23.8 Å². The minimum Gasteiger partial charge on any atom is -0.508 e. The predicted octanol–water partition coefficient (Wildman–Crippen LogP) is 1.43. The summed E-state index contributed by atoms with van der Waals surface area (Å²) in [6, 6.07) is 5.02. The predicted molar refractivity (Wildman–Crippen MR) is 45.8 cm³/mol. The lowest BCUT2D eigenvalue weighted by molar-refractivity contribution is 0.375. The van der Waals surface area contributed by atoms with Crippen molar-refractivity contribution in [3.8, 4) is 5.75 Å². The fraction of sp³-hybridized carbons (Fsp3) is 0.333. The van der Waals surface area contributed by atoms with Gasteiger partial charge in [0.15, 0.2) is 0 Å². The molecular formula is C9H11NO2. The van der Waals surface area contributed by atoms with Gasteiger partial charge in [0, 0.05) is 11.3 Å². The van der Waals surface area contributed by atoms with Crippen LogP contribution in [0.5, 0.6) is 5.75 Å². The van der Waals surface area contributed by atoms with E-state index in [0.717, 1.165) is 5.56 Å². The average molecular weight is 165 g/mol. The van der Waals surface area contributed by atoms with Crippen LogP contribution in [0, 0.1) is 0 Å². The van der Waals surface area contributed by atoms with Gasteiger partial charge in [-0.25, -0.2) is 0 Å². The van der Waals surface area contributed by atoms with Crippen LogP contribution in [0.25, 0.3) is 0 Å². The Morgan fingerprint density at radius 2 is 2.17 bits per heavy atom. The van der Waals surface area contributed by atoms with Crippen LogP contribution in [0.3, 0.4) is 0 Å². The molecule has 1 aliphatic rings. The summed E-state index contributed by atoms with van der Waals surface area (Å²) in [6.07, 6.45) is 0.242. The van der Waals surface area contributed by atoms with E-state index in [2.05, 4.69) is 0 Å². The van der Waals surface area contributed by atoms with Gasteiger partial charge in [-0.05, 0) is 25.1 Å². The molecule has 1 aromatic carbocycles. The van der Waals surface area contributed by atoms with Crippen LogP contribution >= 0.6 is 0 Å². The first-order chi connectivity index (χ1) is 5.68. The molecule has 0 radical (unpaired) electrons. The van der Waals surface area contributed by atoms with Crippen molar-refractivity contribution in [2.24, 2.45) is 0 Å². The number of phenols is 1. The van der Waals surface area contributed by atoms with Crippen LogP contribution in [0.15, 0.2) is 18.2 Å². The standard InChI is InChI=1S/C9H11NO2/c1-5-9(12-5)7-4-6(10)2-3-8(7)11/h2-5,9,11H,10H2,1H3. The molecule has 1 fully saturated rings. The fourth-order valence-corrected chi connectivity index (χ4v) is 1.31. The van der Waals surface area contributed by atoms with Crippen LogP contribution < -0.4 is 5.73 Å². The summed E-state index contributed by atoms with van der Waals surface area (Å²) in [5.41, 5.74) is 7.02. The third-order valence-electron chi connectivity index (χ3n) is 2.07. The van der Waals surface area contributed by atoms with Gasteiger partial charge < -0.3 is 15.6 Å². The molecule has 0 saturated carbocycles. The molecule has 1 aromatic rings. The zero-order valence-corrected chi connectivity index (χ0v) is 6.82. The highest BCUT2D eigenvalue weighted by atomic mass is 16.6. The Bertz CT molecular complexity index is 311. The van der Waals surface area contributed by atoms with E-state index in [1.54, 1.807) is 18.2 Å². The summed E-state index contributed by atoms with van der Waals surface area (Å²) in [5.74, 6) is 0.263. The highest BCUT2D eigenvalue weighted by Crippen LogP contribution is 2.42. The Balaban J connectivity index is 2.36. The van der Waals surface area contributed by atoms with Crippen molar-refractivity contribution in [1.82, 2.24) is 0 Å². The Morgan fingerprint density at radius 1 is 1.50 bits per heavy atom. The van der Waals surface area contributed by atoms with Gasteiger partial charge in [-0.1, -0.05) is 0 Å². The van der Waals surface area contributed by atoms with Crippen molar-refractivity contribution < 1.29 is 9.84 Å². The number of epoxide rings is 1. The number of rotatable bonds is 1. The van der Waals surface area contributed by atoms with Crippen molar-refractivity contribution in [2.75, 3.05) is 5.73 Å². The average Bonchev–Trinajstić information content (AvgIpc) is 2.73. The maximum absolute atomic E-state index is 9.43. The third kappa shape index (κ3) is 1.12. The van der Waals surface area contributed by atoms with E-state index in [0.29, 0.717) is 5.69 Å². The number of nitrogen functional groups attached to an aromatic ring is 1. The van der Waals surface area contributed by atoms with Crippen LogP contribution in [0.2, 0.25) is 0 Å². The molecule has 3 heteroatoms. The smallest absolute Gasteiger partial charge is 0.121 e. The number of hydrogen-bond donors (Lipinski definition) is 2. The minimum absolute atomic E-state index is 0.0356. The van der Waals surface area contributed by atoms with Gasteiger partial charge in [-0.2, -0.15) is 0 Å². The van der Waals surface area contributed by atoms with Gasteiger partial charge in [-0.15, -0.1) is 0 Å². The molecule has 1 heterocycles. The maximum atomic E-state index is 9.43. The quantitative estimate of drug-likeness (QED) is 0.376. The van der Waals surface area contributed by atoms with E-state index >= 15 is 0 Å². The van der Waals surface area contributed by atoms with Crippen molar-refractivity contribution >= 4 is 5.69 Å². The molecule has 0 bridgehead atoms. The lowest BCUT2D eigenvalue weighted by Gasteiger charge is -2.01. The van der Waals surface area contributed by atoms with E-state index in [-0.39, 0.29) is 18.0 Å². The lowest BCUT2D eigenvalue weighted by atomic mass is 10.1. The Hall–Kier alpha value is -1.22. The summed E-state index contributed by atoms with van der Waals surface area (Å²) in [5, 5.41) is 9.43. The minimum atomic E-state index is 0.0356. The lowest BCUT2D eigenvalue weighted by Crippen LogP contribution is -1.89. The molecule has 0 amide bonds. The topological polar surface area (TPSA) is 58.8 Å². The Labute approximate surface area is 70.8 Å². The van der Waals surface area contributed by atoms with Gasteiger partial charge in [0.1, 0.15) is 11.9 Å². The molecule has 3 nitrogen and oxygen atoms in total. The largest absolute Gasteiger partial charge is 0.508 e. The van der Waals surface area contributed by atoms with Crippen molar-refractivity contribution in [2.45, 2.75) is 19.1 Å². The van der Waals surface area contributed by atoms with Crippen LogP contribution in [0.4, 0.5) is 5.69 Å². The number of phenolic OH excluding ortho intramolecular Hbond substituents is 1. The van der Waals surface area contributed by atoms with E-state index in [4.69, 9.17) is 10.5 Å². The molecular weight excluding hydrogens is 154 g/mol. The number of ether oxygens (including phenoxy) is 1. The number of anilines is 1. The van der Waals surface area contributed by atoms with Crippen LogP contribution in [-0.4, -0.2) is 11.2 Å².